The molecule has 84 valence electrons. The van der Waals surface area contributed by atoms with Crippen molar-refractivity contribution in [2.75, 3.05) is 13.2 Å². The number of hydrogen-bond donors (Lipinski definition) is 1. The Hall–Kier alpha value is -1.06. The lowest BCUT2D eigenvalue weighted by Crippen LogP contribution is -2.24. The summed E-state index contributed by atoms with van der Waals surface area (Å²) in [6.07, 6.45) is -0.592. The molecule has 0 fully saturated rings. The van der Waals surface area contributed by atoms with E-state index < -0.39 is 6.10 Å². The Morgan fingerprint density at radius 3 is 2.40 bits per heavy atom. The molecule has 1 N–H and O–H groups in total. The molecule has 0 aliphatic carbocycles. The second-order valence-electron chi connectivity index (χ2n) is 3.48. The molecular formula is C12H18O3. The predicted octanol–water partition coefficient (Wildman–Crippen LogP) is 1.85. The first kappa shape index (κ1) is 12.0. The Kier molecular flexibility index (Phi) is 5.15. The summed E-state index contributed by atoms with van der Waals surface area (Å²) in [6, 6.07) is 9.60. The highest BCUT2D eigenvalue weighted by Crippen LogP contribution is 2.07. The molecule has 0 aromatic heterocycles. The van der Waals surface area contributed by atoms with E-state index in [4.69, 9.17) is 9.47 Å². The average molecular weight is 210 g/mol. The minimum atomic E-state index is -0.443. The monoisotopic (exact) mass is 210 g/mol. The zero-order chi connectivity index (χ0) is 11.1. The van der Waals surface area contributed by atoms with Crippen LogP contribution < -0.4 is 4.74 Å². The third-order valence-corrected chi connectivity index (χ3v) is 2.16. The Morgan fingerprint density at radius 2 is 1.80 bits per heavy atom. The minimum absolute atomic E-state index is 0.149. The molecule has 1 aromatic carbocycles. The summed E-state index contributed by atoms with van der Waals surface area (Å²) >= 11 is 0. The smallest absolute Gasteiger partial charge is 0.119 e. The summed E-state index contributed by atoms with van der Waals surface area (Å²) in [5, 5.41) is 9.17. The van der Waals surface area contributed by atoms with Crippen LogP contribution in [0.5, 0.6) is 5.75 Å². The van der Waals surface area contributed by atoms with Gasteiger partial charge >= 0.3 is 0 Å². The van der Waals surface area contributed by atoms with Crippen molar-refractivity contribution >= 4 is 0 Å². The molecule has 0 saturated carbocycles. The number of hydrogen-bond acceptors (Lipinski definition) is 3. The van der Waals surface area contributed by atoms with Gasteiger partial charge in [-0.1, -0.05) is 18.2 Å². The molecule has 1 rings (SSSR count). The molecule has 0 heterocycles. The van der Waals surface area contributed by atoms with E-state index in [0.717, 1.165) is 5.75 Å². The molecule has 1 unspecified atom stereocenters. The number of aliphatic hydroxyl groups is 1. The molecule has 15 heavy (non-hydrogen) atoms. The van der Waals surface area contributed by atoms with Gasteiger partial charge in [0.25, 0.3) is 0 Å². The van der Waals surface area contributed by atoms with Crippen molar-refractivity contribution < 1.29 is 14.6 Å². The standard InChI is InChI=1S/C12H18O3/c1-10(13)11(2)14-8-9-15-12-6-4-3-5-7-12/h3-7,10-11,13H,8-9H2,1-2H3/t10-,11?/m0/s1. The van der Waals surface area contributed by atoms with E-state index in [1.807, 2.05) is 37.3 Å². The van der Waals surface area contributed by atoms with Crippen LogP contribution in [0, 0.1) is 0 Å². The minimum Gasteiger partial charge on any atom is -0.491 e. The van der Waals surface area contributed by atoms with E-state index in [1.54, 1.807) is 6.92 Å². The van der Waals surface area contributed by atoms with Crippen LogP contribution in [0.1, 0.15) is 13.8 Å². The molecule has 0 bridgehead atoms. The molecule has 0 aliphatic heterocycles. The molecular weight excluding hydrogens is 192 g/mol. The van der Waals surface area contributed by atoms with Gasteiger partial charge in [-0.3, -0.25) is 0 Å². The molecule has 0 spiro atoms. The van der Waals surface area contributed by atoms with Crippen LogP contribution in [0.15, 0.2) is 30.3 Å². The fraction of sp³-hybridized carbons (Fsp3) is 0.500. The fourth-order valence-electron chi connectivity index (χ4n) is 1.05. The van der Waals surface area contributed by atoms with Crippen LogP contribution in [0.2, 0.25) is 0 Å². The lowest BCUT2D eigenvalue weighted by molar-refractivity contribution is -0.0271. The zero-order valence-electron chi connectivity index (χ0n) is 9.22. The molecule has 2 atom stereocenters. The molecule has 0 radical (unpaired) electrons. The summed E-state index contributed by atoms with van der Waals surface area (Å²) in [6.45, 7) is 4.54. The van der Waals surface area contributed by atoms with Gasteiger partial charge in [0.05, 0.1) is 18.8 Å². The van der Waals surface area contributed by atoms with Crippen LogP contribution in [-0.4, -0.2) is 30.5 Å². The first-order valence-corrected chi connectivity index (χ1v) is 5.17. The summed E-state index contributed by atoms with van der Waals surface area (Å²) in [5.41, 5.74) is 0. The third kappa shape index (κ3) is 4.81. The predicted molar refractivity (Wildman–Crippen MR) is 59.0 cm³/mol. The Bertz CT molecular complexity index is 259. The largest absolute Gasteiger partial charge is 0.491 e. The van der Waals surface area contributed by atoms with Crippen molar-refractivity contribution in [1.29, 1.82) is 0 Å². The lowest BCUT2D eigenvalue weighted by atomic mass is 10.3. The molecule has 0 aliphatic rings. The van der Waals surface area contributed by atoms with Crippen molar-refractivity contribution in [3.8, 4) is 5.75 Å². The Balaban J connectivity index is 2.12. The van der Waals surface area contributed by atoms with Gasteiger partial charge in [0, 0.05) is 0 Å². The van der Waals surface area contributed by atoms with E-state index in [-0.39, 0.29) is 6.10 Å². The van der Waals surface area contributed by atoms with Gasteiger partial charge < -0.3 is 14.6 Å². The number of ether oxygens (including phenoxy) is 2. The second kappa shape index (κ2) is 6.43. The molecule has 3 nitrogen and oxygen atoms in total. The maximum absolute atomic E-state index is 9.17. The SMILES string of the molecule is CC(OCCOc1ccccc1)[C@H](C)O. The summed E-state index contributed by atoms with van der Waals surface area (Å²) in [7, 11) is 0. The quantitative estimate of drug-likeness (QED) is 0.728. The van der Waals surface area contributed by atoms with Gasteiger partial charge in [-0.05, 0) is 26.0 Å². The summed E-state index contributed by atoms with van der Waals surface area (Å²) in [4.78, 5) is 0. The lowest BCUT2D eigenvalue weighted by Gasteiger charge is -2.15. The Morgan fingerprint density at radius 1 is 1.13 bits per heavy atom. The van der Waals surface area contributed by atoms with E-state index in [9.17, 15) is 5.11 Å². The van der Waals surface area contributed by atoms with Crippen LogP contribution in [0.4, 0.5) is 0 Å². The van der Waals surface area contributed by atoms with E-state index >= 15 is 0 Å². The van der Waals surface area contributed by atoms with Gasteiger partial charge in [-0.15, -0.1) is 0 Å². The number of benzene rings is 1. The van der Waals surface area contributed by atoms with Crippen molar-refractivity contribution in [3.05, 3.63) is 30.3 Å². The first-order valence-electron chi connectivity index (χ1n) is 5.17. The van der Waals surface area contributed by atoms with Crippen molar-refractivity contribution in [2.24, 2.45) is 0 Å². The van der Waals surface area contributed by atoms with Crippen molar-refractivity contribution in [1.82, 2.24) is 0 Å². The molecule has 0 amide bonds. The number of rotatable bonds is 6. The second-order valence-corrected chi connectivity index (χ2v) is 3.48. The fourth-order valence-corrected chi connectivity index (χ4v) is 1.05. The topological polar surface area (TPSA) is 38.7 Å². The van der Waals surface area contributed by atoms with Crippen LogP contribution in [0.25, 0.3) is 0 Å². The Labute approximate surface area is 90.6 Å². The number of aliphatic hydroxyl groups excluding tert-OH is 1. The highest BCUT2D eigenvalue weighted by Gasteiger charge is 2.07. The molecule has 3 heteroatoms. The molecule has 0 saturated heterocycles. The van der Waals surface area contributed by atoms with Gasteiger partial charge in [0.1, 0.15) is 12.4 Å². The summed E-state index contributed by atoms with van der Waals surface area (Å²) < 4.78 is 10.8. The maximum atomic E-state index is 9.17. The van der Waals surface area contributed by atoms with Gasteiger partial charge in [0.2, 0.25) is 0 Å². The van der Waals surface area contributed by atoms with Gasteiger partial charge in [-0.25, -0.2) is 0 Å². The van der Waals surface area contributed by atoms with E-state index in [1.165, 1.54) is 0 Å². The average Bonchev–Trinajstić information content (AvgIpc) is 2.25. The van der Waals surface area contributed by atoms with Crippen LogP contribution >= 0.6 is 0 Å². The van der Waals surface area contributed by atoms with Crippen molar-refractivity contribution in [3.63, 3.8) is 0 Å². The van der Waals surface area contributed by atoms with E-state index in [2.05, 4.69) is 0 Å². The zero-order valence-corrected chi connectivity index (χ0v) is 9.22. The van der Waals surface area contributed by atoms with E-state index in [0.29, 0.717) is 13.2 Å². The maximum Gasteiger partial charge on any atom is 0.119 e. The molecule has 1 aromatic rings. The van der Waals surface area contributed by atoms with Gasteiger partial charge in [-0.2, -0.15) is 0 Å². The van der Waals surface area contributed by atoms with Crippen molar-refractivity contribution in [2.45, 2.75) is 26.1 Å². The normalized spacial score (nSPS) is 14.6. The van der Waals surface area contributed by atoms with Crippen LogP contribution in [-0.2, 0) is 4.74 Å². The van der Waals surface area contributed by atoms with Crippen LogP contribution in [0.3, 0.4) is 0 Å². The third-order valence-electron chi connectivity index (χ3n) is 2.16. The first-order chi connectivity index (χ1) is 7.20. The van der Waals surface area contributed by atoms with Gasteiger partial charge in [0.15, 0.2) is 0 Å². The highest BCUT2D eigenvalue weighted by atomic mass is 16.5. The number of para-hydroxylation sites is 1. The summed E-state index contributed by atoms with van der Waals surface area (Å²) in [5.74, 6) is 0.839. The highest BCUT2D eigenvalue weighted by molar-refractivity contribution is 5.20.